The minimum Gasteiger partial charge on any atom is -0.308 e. The van der Waals surface area contributed by atoms with Crippen molar-refractivity contribution in [1.82, 2.24) is 0 Å². The van der Waals surface area contributed by atoms with Crippen molar-refractivity contribution in [3.05, 3.63) is 212 Å². The molecule has 0 aliphatic rings. The molecule has 10 aromatic carbocycles. The second kappa shape index (κ2) is 13.4. The number of hydrogen-bond acceptors (Lipinski definition) is 2. The van der Waals surface area contributed by atoms with E-state index in [1.165, 1.54) is 91.6 Å². The first-order valence-electron chi connectivity index (χ1n) is 19.2. The van der Waals surface area contributed by atoms with Gasteiger partial charge in [-0.15, -0.1) is 11.3 Å². The Morgan fingerprint density at radius 1 is 0.304 bits per heavy atom. The molecule has 0 fully saturated rings. The topological polar surface area (TPSA) is 3.24 Å². The van der Waals surface area contributed by atoms with Crippen molar-refractivity contribution >= 4 is 80.9 Å². The number of benzene rings is 10. The lowest BCUT2D eigenvalue weighted by atomic mass is 9.92. The molecule has 0 amide bonds. The SMILES string of the molecule is c1ccc(-c2ccc(N(c3ccccc3-c3ccc(-c4cc5ccccc5c5ccccc45)cc3)c3cccc4c3sc3cc5ccccc5cc34)cc2)cc1. The molecule has 0 saturated carbocycles. The van der Waals surface area contributed by atoms with Crippen LogP contribution in [0, 0.1) is 0 Å². The van der Waals surface area contributed by atoms with Crippen molar-refractivity contribution in [2.45, 2.75) is 0 Å². The minimum atomic E-state index is 1.12. The fourth-order valence-corrected chi connectivity index (χ4v) is 9.76. The molecular weight excluding hydrogens is 695 g/mol. The van der Waals surface area contributed by atoms with Crippen LogP contribution in [0.2, 0.25) is 0 Å². The molecule has 1 heterocycles. The predicted octanol–water partition coefficient (Wildman–Crippen LogP) is 16.0. The van der Waals surface area contributed by atoms with Gasteiger partial charge in [-0.3, -0.25) is 0 Å². The third kappa shape index (κ3) is 5.46. The lowest BCUT2D eigenvalue weighted by molar-refractivity contribution is 1.30. The molecule has 0 radical (unpaired) electrons. The number of fused-ring (bicyclic) bond motifs is 7. The van der Waals surface area contributed by atoms with E-state index < -0.39 is 0 Å². The average molecular weight is 730 g/mol. The van der Waals surface area contributed by atoms with E-state index in [4.69, 9.17) is 0 Å². The molecule has 2 heteroatoms. The van der Waals surface area contributed by atoms with E-state index in [1.54, 1.807) is 0 Å². The van der Waals surface area contributed by atoms with Crippen molar-refractivity contribution in [3.63, 3.8) is 0 Å². The fraction of sp³-hybridized carbons (Fsp3) is 0. The van der Waals surface area contributed by atoms with E-state index in [9.17, 15) is 0 Å². The maximum atomic E-state index is 2.46. The van der Waals surface area contributed by atoms with Gasteiger partial charge in [-0.2, -0.15) is 0 Å². The van der Waals surface area contributed by atoms with Gasteiger partial charge in [0, 0.05) is 26.7 Å². The number of para-hydroxylation sites is 1. The Morgan fingerprint density at radius 2 is 0.857 bits per heavy atom. The Bertz CT molecular complexity index is 3230. The molecule has 1 aromatic heterocycles. The summed E-state index contributed by atoms with van der Waals surface area (Å²) >= 11 is 1.88. The first kappa shape index (κ1) is 32.4. The largest absolute Gasteiger partial charge is 0.308 e. The van der Waals surface area contributed by atoms with Crippen molar-refractivity contribution in [1.29, 1.82) is 0 Å². The third-order valence-corrected chi connectivity index (χ3v) is 12.4. The van der Waals surface area contributed by atoms with E-state index in [1.807, 2.05) is 11.3 Å². The molecule has 262 valence electrons. The van der Waals surface area contributed by atoms with Gasteiger partial charge < -0.3 is 4.90 Å². The highest BCUT2D eigenvalue weighted by atomic mass is 32.1. The first-order chi connectivity index (χ1) is 27.8. The smallest absolute Gasteiger partial charge is 0.0640 e. The van der Waals surface area contributed by atoms with Crippen LogP contribution in [0.3, 0.4) is 0 Å². The number of nitrogens with zero attached hydrogens (tertiary/aromatic N) is 1. The van der Waals surface area contributed by atoms with Gasteiger partial charge in [0.15, 0.2) is 0 Å². The highest BCUT2D eigenvalue weighted by molar-refractivity contribution is 7.26. The maximum absolute atomic E-state index is 2.46. The number of anilines is 3. The van der Waals surface area contributed by atoms with Crippen LogP contribution < -0.4 is 4.90 Å². The van der Waals surface area contributed by atoms with Crippen LogP contribution in [0.25, 0.3) is 85.9 Å². The van der Waals surface area contributed by atoms with Crippen LogP contribution in [-0.4, -0.2) is 0 Å². The maximum Gasteiger partial charge on any atom is 0.0640 e. The zero-order chi connectivity index (χ0) is 37.0. The summed E-state index contributed by atoms with van der Waals surface area (Å²) < 4.78 is 2.58. The Kier molecular flexibility index (Phi) is 7.75. The summed E-state index contributed by atoms with van der Waals surface area (Å²) in [6.07, 6.45) is 0. The van der Waals surface area contributed by atoms with Crippen LogP contribution in [0.4, 0.5) is 17.1 Å². The molecule has 11 aromatic rings. The quantitative estimate of drug-likeness (QED) is 0.154. The zero-order valence-electron chi connectivity index (χ0n) is 30.6. The molecule has 0 atom stereocenters. The highest BCUT2D eigenvalue weighted by Gasteiger charge is 2.21. The van der Waals surface area contributed by atoms with Crippen molar-refractivity contribution in [2.75, 3.05) is 4.90 Å². The lowest BCUT2D eigenvalue weighted by Gasteiger charge is -2.28. The van der Waals surface area contributed by atoms with Crippen LogP contribution >= 0.6 is 11.3 Å². The van der Waals surface area contributed by atoms with E-state index in [0.29, 0.717) is 0 Å². The van der Waals surface area contributed by atoms with Gasteiger partial charge in [0.05, 0.1) is 16.1 Å². The number of hydrogen-bond donors (Lipinski definition) is 0. The lowest BCUT2D eigenvalue weighted by Crippen LogP contribution is -2.11. The molecule has 0 N–H and O–H groups in total. The predicted molar refractivity (Wildman–Crippen MR) is 243 cm³/mol. The summed E-state index contributed by atoms with van der Waals surface area (Å²) in [5.41, 5.74) is 10.7. The van der Waals surface area contributed by atoms with Crippen molar-refractivity contribution in [2.24, 2.45) is 0 Å². The highest BCUT2D eigenvalue weighted by Crippen LogP contribution is 2.48. The second-order valence-electron chi connectivity index (χ2n) is 14.5. The van der Waals surface area contributed by atoms with E-state index in [0.717, 1.165) is 11.4 Å². The summed E-state index contributed by atoms with van der Waals surface area (Å²) in [6.45, 7) is 0. The van der Waals surface area contributed by atoms with Crippen LogP contribution in [0.15, 0.2) is 212 Å². The van der Waals surface area contributed by atoms with Crippen LogP contribution in [0.1, 0.15) is 0 Å². The van der Waals surface area contributed by atoms with E-state index in [2.05, 4.69) is 217 Å². The fourth-order valence-electron chi connectivity index (χ4n) is 8.52. The average Bonchev–Trinajstić information content (AvgIpc) is 3.64. The second-order valence-corrected chi connectivity index (χ2v) is 15.5. The van der Waals surface area contributed by atoms with E-state index in [-0.39, 0.29) is 0 Å². The molecule has 0 unspecified atom stereocenters. The molecule has 11 rings (SSSR count). The minimum absolute atomic E-state index is 1.12. The monoisotopic (exact) mass is 729 g/mol. The van der Waals surface area contributed by atoms with Crippen LogP contribution in [0.5, 0.6) is 0 Å². The normalized spacial score (nSPS) is 11.6. The summed E-state index contributed by atoms with van der Waals surface area (Å²) in [5, 5.41) is 10.2. The first-order valence-corrected chi connectivity index (χ1v) is 20.0. The number of rotatable bonds is 6. The Morgan fingerprint density at radius 3 is 1.64 bits per heavy atom. The van der Waals surface area contributed by atoms with Crippen molar-refractivity contribution < 1.29 is 0 Å². The van der Waals surface area contributed by atoms with Gasteiger partial charge in [0.25, 0.3) is 0 Å². The summed E-state index contributed by atoms with van der Waals surface area (Å²) in [7, 11) is 0. The Balaban J connectivity index is 1.08. The Labute approximate surface area is 330 Å². The summed E-state index contributed by atoms with van der Waals surface area (Å²) in [4.78, 5) is 2.46. The molecule has 0 aliphatic heterocycles. The van der Waals surface area contributed by atoms with Gasteiger partial charge in [-0.1, -0.05) is 170 Å². The van der Waals surface area contributed by atoms with Gasteiger partial charge in [0.1, 0.15) is 0 Å². The van der Waals surface area contributed by atoms with Gasteiger partial charge in [-0.05, 0) is 103 Å². The van der Waals surface area contributed by atoms with Crippen molar-refractivity contribution in [3.8, 4) is 33.4 Å². The molecule has 56 heavy (non-hydrogen) atoms. The molecule has 1 nitrogen and oxygen atoms in total. The number of thiophene rings is 1. The van der Waals surface area contributed by atoms with Crippen LogP contribution in [-0.2, 0) is 0 Å². The standard InChI is InChI=1S/C54H35NS/c1-2-13-36(14-3-1)37-29-31-43(32-30-37)55(52-24-12-22-48-50-33-40-15-4-5-16-41(40)35-53(50)56-54(48)52)51-23-11-10-19-45(51)38-25-27-39(28-26-38)49-34-42-17-6-7-18-44(42)46-20-8-9-21-47(46)49/h1-35H. The van der Waals surface area contributed by atoms with Gasteiger partial charge >= 0.3 is 0 Å². The summed E-state index contributed by atoms with van der Waals surface area (Å²) in [6, 6.07) is 77.7. The molecule has 0 saturated heterocycles. The molecule has 0 bridgehead atoms. The molecular formula is C54H35NS. The Hall–Kier alpha value is -7.00. The van der Waals surface area contributed by atoms with Gasteiger partial charge in [0.2, 0.25) is 0 Å². The van der Waals surface area contributed by atoms with E-state index >= 15 is 0 Å². The third-order valence-electron chi connectivity index (χ3n) is 11.2. The summed E-state index contributed by atoms with van der Waals surface area (Å²) in [5.74, 6) is 0. The molecule has 0 aliphatic carbocycles. The van der Waals surface area contributed by atoms with Gasteiger partial charge in [-0.25, -0.2) is 0 Å². The molecule has 0 spiro atoms. The zero-order valence-corrected chi connectivity index (χ0v) is 31.4.